The second kappa shape index (κ2) is 37.1. The molecule has 0 aliphatic carbocycles. The number of hydrogen-bond acceptors (Lipinski definition) is 7. The van der Waals surface area contributed by atoms with Crippen molar-refractivity contribution in [3.8, 4) is 40.4 Å². The van der Waals surface area contributed by atoms with Gasteiger partial charge in [-0.1, -0.05) is 261 Å². The molecule has 440 valence electrons. The van der Waals surface area contributed by atoms with E-state index in [0.29, 0.717) is 33.7 Å². The van der Waals surface area contributed by atoms with Gasteiger partial charge in [-0.3, -0.25) is 0 Å². The Hall–Kier alpha value is -2.30. The summed E-state index contributed by atoms with van der Waals surface area (Å²) in [4.78, 5) is 9.47. The predicted octanol–water partition coefficient (Wildman–Crippen LogP) is 26.8. The predicted molar refractivity (Wildman–Crippen MR) is 353 cm³/mol. The first kappa shape index (κ1) is 65.8. The van der Waals surface area contributed by atoms with Gasteiger partial charge < -0.3 is 0 Å². The second-order valence-corrected chi connectivity index (χ2v) is 28.9. The summed E-state index contributed by atoms with van der Waals surface area (Å²) in [6, 6.07) is 13.4. The smallest absolute Gasteiger partial charge is 0.170 e. The van der Waals surface area contributed by atoms with Crippen LogP contribution in [0.3, 0.4) is 0 Å². The van der Waals surface area contributed by atoms with Crippen molar-refractivity contribution in [1.29, 1.82) is 0 Å². The van der Waals surface area contributed by atoms with Crippen LogP contribution in [-0.4, -0.2) is 8.75 Å². The highest BCUT2D eigenvalue weighted by atomic mass is 32.1. The van der Waals surface area contributed by atoms with Gasteiger partial charge in [-0.05, 0) is 96.9 Å². The van der Waals surface area contributed by atoms with Crippen LogP contribution in [0.5, 0.6) is 0 Å². The van der Waals surface area contributed by atoms with Gasteiger partial charge in [0, 0.05) is 39.0 Å². The number of nitrogens with zero attached hydrogens (tertiary/aromatic N) is 2. The van der Waals surface area contributed by atoms with E-state index in [4.69, 9.17) is 4.37 Å². The highest BCUT2D eigenvalue weighted by molar-refractivity contribution is 7.27. The number of unbranched alkanes of at least 4 members (excludes halogenated alkanes) is 24. The minimum absolute atomic E-state index is 0.244. The highest BCUT2D eigenvalue weighted by Gasteiger charge is 2.29. The van der Waals surface area contributed by atoms with Gasteiger partial charge in [0.2, 0.25) is 0 Å². The van der Waals surface area contributed by atoms with E-state index in [1.165, 1.54) is 237 Å². The topological polar surface area (TPSA) is 25.8 Å². The summed E-state index contributed by atoms with van der Waals surface area (Å²) >= 11 is 8.22. The summed E-state index contributed by atoms with van der Waals surface area (Å²) in [5.74, 6) is 0.596. The van der Waals surface area contributed by atoms with Gasteiger partial charge in [-0.15, -0.1) is 45.3 Å². The highest BCUT2D eigenvalue weighted by Crippen LogP contribution is 2.50. The molecule has 0 saturated heterocycles. The third kappa shape index (κ3) is 20.5. The molecule has 0 fully saturated rings. The summed E-state index contributed by atoms with van der Waals surface area (Å²) in [6.07, 6.45) is 47.6. The molecule has 0 radical (unpaired) electrons. The average Bonchev–Trinajstić information content (AvgIpc) is 4.36. The molecule has 2 nitrogen and oxygen atoms in total. The van der Waals surface area contributed by atoms with Crippen molar-refractivity contribution in [3.05, 3.63) is 68.9 Å². The molecule has 0 bridgehead atoms. The summed E-state index contributed by atoms with van der Waals surface area (Å²) < 4.78 is 43.0. The maximum absolute atomic E-state index is 16.9. The Morgan fingerprint density at radius 1 is 0.392 bits per heavy atom. The van der Waals surface area contributed by atoms with Crippen molar-refractivity contribution < 1.29 is 8.78 Å². The molecule has 6 rings (SSSR count). The van der Waals surface area contributed by atoms with E-state index in [2.05, 4.69) is 95.4 Å². The molecule has 9 heteroatoms. The zero-order chi connectivity index (χ0) is 56.2. The van der Waals surface area contributed by atoms with Crippen molar-refractivity contribution in [3.63, 3.8) is 0 Å². The molecule has 6 aromatic rings. The van der Waals surface area contributed by atoms with Gasteiger partial charge in [0.25, 0.3) is 0 Å². The molecule has 4 atom stereocenters. The van der Waals surface area contributed by atoms with Crippen molar-refractivity contribution >= 4 is 68.1 Å². The van der Waals surface area contributed by atoms with Gasteiger partial charge in [0.15, 0.2) is 11.6 Å². The molecule has 0 aliphatic heterocycles. The number of aromatic nitrogens is 2. The third-order valence-electron chi connectivity index (χ3n) is 17.5. The molecule has 4 unspecified atom stereocenters. The Morgan fingerprint density at radius 2 is 0.772 bits per heavy atom. The second-order valence-electron chi connectivity index (χ2n) is 24.1. The summed E-state index contributed by atoms with van der Waals surface area (Å²) in [6.45, 7) is 18.5. The van der Waals surface area contributed by atoms with E-state index >= 15 is 8.78 Å². The number of halogens is 2. The minimum Gasteiger partial charge on any atom is -0.203 e. The van der Waals surface area contributed by atoms with E-state index in [1.54, 1.807) is 33.1 Å². The van der Waals surface area contributed by atoms with Crippen molar-refractivity contribution in [1.82, 2.24) is 8.75 Å². The number of thiophene rings is 4. The Balaban J connectivity index is 1.35. The Bertz CT molecular complexity index is 2570. The zero-order valence-electron chi connectivity index (χ0n) is 50.9. The number of hydrogen-bond donors (Lipinski definition) is 0. The third-order valence-corrected chi connectivity index (χ3v) is 23.4. The Morgan fingerprint density at radius 3 is 1.23 bits per heavy atom. The average molecular weight is 1170 g/mol. The number of benzene rings is 1. The van der Waals surface area contributed by atoms with Gasteiger partial charge >= 0.3 is 0 Å². The van der Waals surface area contributed by atoms with Crippen LogP contribution in [0.15, 0.2) is 36.4 Å². The molecule has 1 aromatic carbocycles. The summed E-state index contributed by atoms with van der Waals surface area (Å²) in [5, 5.41) is 0. The molecule has 0 spiro atoms. The monoisotopic (exact) mass is 1170 g/mol. The Labute approximate surface area is 501 Å². The van der Waals surface area contributed by atoms with Crippen LogP contribution in [0.4, 0.5) is 8.78 Å². The van der Waals surface area contributed by atoms with E-state index < -0.39 is 11.6 Å². The molecular formula is C70H106F2N2S5. The fourth-order valence-corrected chi connectivity index (χ4v) is 17.6. The molecule has 5 heterocycles. The number of rotatable bonds is 44. The van der Waals surface area contributed by atoms with E-state index in [1.807, 2.05) is 23.5 Å². The molecule has 0 amide bonds. The normalized spacial score (nSPS) is 13.5. The lowest BCUT2D eigenvalue weighted by Crippen LogP contribution is -2.07. The van der Waals surface area contributed by atoms with Crippen molar-refractivity contribution in [2.45, 2.75) is 298 Å². The lowest BCUT2D eigenvalue weighted by Gasteiger charge is -2.19. The van der Waals surface area contributed by atoms with E-state index in [-0.39, 0.29) is 11.1 Å². The fourth-order valence-electron chi connectivity index (χ4n) is 12.1. The van der Waals surface area contributed by atoms with Crippen molar-refractivity contribution in [2.24, 2.45) is 11.8 Å². The van der Waals surface area contributed by atoms with Crippen LogP contribution in [0, 0.1) is 23.5 Å². The van der Waals surface area contributed by atoms with Gasteiger partial charge in [-0.2, -0.15) is 8.75 Å². The van der Waals surface area contributed by atoms with Crippen molar-refractivity contribution in [2.75, 3.05) is 0 Å². The number of fused-ring (bicyclic) bond motifs is 1. The summed E-state index contributed by atoms with van der Waals surface area (Å²) in [5.41, 5.74) is 4.46. The SMILES string of the molecule is CCCCCCCCCCC(CCCCCCCC)Cc1cc(-c2cc(CC(CCCCCCCC)CCCCCCCCCC)c(C(C)CC)s2)sc1-c1ccc(-c2c(F)c(F)c(-c3ccc(C(C)CC)s3)c3nsnc23)s1. The molecular weight excluding hydrogens is 1070 g/mol. The standard InChI is InChI=1S/C70H106F2N2S5/c1-9-15-19-23-27-29-33-37-40-53(39-35-31-25-21-17-11-3)47-55-49-61(77-69(55)52(8)14-6)62-50-56(48-54(41-36-32-26-22-18-12-4)42-38-34-30-28-24-20-16-10-2)70(78-62)60-46-45-59(76-60)64-66(72)65(71)63(67-68(64)74-79-73-67)58-44-43-57(75-58)51(7)13-5/h43-46,49-54H,9-42,47-48H2,1-8H3. The van der Waals surface area contributed by atoms with E-state index in [9.17, 15) is 0 Å². The largest absolute Gasteiger partial charge is 0.203 e. The van der Waals surface area contributed by atoms with Crippen LogP contribution in [0.2, 0.25) is 0 Å². The maximum Gasteiger partial charge on any atom is 0.170 e. The van der Waals surface area contributed by atoms with Gasteiger partial charge in [0.1, 0.15) is 11.0 Å². The van der Waals surface area contributed by atoms with Gasteiger partial charge in [0.05, 0.1) is 22.9 Å². The maximum atomic E-state index is 16.9. The fraction of sp³-hybridized carbons (Fsp3) is 0.686. The summed E-state index contributed by atoms with van der Waals surface area (Å²) in [7, 11) is 0. The van der Waals surface area contributed by atoms with Crippen LogP contribution in [0.1, 0.15) is 306 Å². The quantitative estimate of drug-likeness (QED) is 0.0356. The molecule has 79 heavy (non-hydrogen) atoms. The van der Waals surface area contributed by atoms with Crippen LogP contribution in [0.25, 0.3) is 51.4 Å². The molecule has 0 saturated carbocycles. The first-order valence-corrected chi connectivity index (χ1v) is 36.7. The zero-order valence-corrected chi connectivity index (χ0v) is 55.0. The molecule has 5 aromatic heterocycles. The lowest BCUT2D eigenvalue weighted by molar-refractivity contribution is 0.399. The lowest BCUT2D eigenvalue weighted by atomic mass is 9.87. The molecule has 0 N–H and O–H groups in total. The Kier molecular flexibility index (Phi) is 30.9. The van der Waals surface area contributed by atoms with Crippen LogP contribution in [-0.2, 0) is 12.8 Å². The van der Waals surface area contributed by atoms with E-state index in [0.717, 1.165) is 46.7 Å². The van der Waals surface area contributed by atoms with Crippen LogP contribution >= 0.6 is 57.1 Å². The van der Waals surface area contributed by atoms with Gasteiger partial charge in [-0.25, -0.2) is 8.78 Å². The first-order chi connectivity index (χ1) is 38.6. The molecule has 0 aliphatic rings. The first-order valence-electron chi connectivity index (χ1n) is 32.7. The minimum atomic E-state index is -0.821. The van der Waals surface area contributed by atoms with Crippen LogP contribution < -0.4 is 0 Å².